The number of nitrogens with one attached hydrogen (secondary N) is 3. The molecule has 0 radical (unpaired) electrons. The van der Waals surface area contributed by atoms with Crippen molar-refractivity contribution in [2.24, 2.45) is 0 Å². The van der Waals surface area contributed by atoms with Crippen molar-refractivity contribution in [2.45, 2.75) is 0 Å². The predicted octanol–water partition coefficient (Wildman–Crippen LogP) is 2.71. The zero-order chi connectivity index (χ0) is 19.1. The van der Waals surface area contributed by atoms with Crippen molar-refractivity contribution in [3.8, 4) is 17.1 Å². The number of H-pyrrole nitrogens is 2. The molecule has 5 aromatic rings. The Labute approximate surface area is 158 Å². The number of benzene rings is 1. The summed E-state index contributed by atoms with van der Waals surface area (Å²) >= 11 is 0. The van der Waals surface area contributed by atoms with Crippen LogP contribution in [0.15, 0.2) is 59.7 Å². The Morgan fingerprint density at radius 3 is 2.71 bits per heavy atom. The Kier molecular flexibility index (Phi) is 3.58. The average Bonchev–Trinajstić information content (AvgIpc) is 3.30. The Hall–Kier alpha value is -4.14. The lowest BCUT2D eigenvalue weighted by Gasteiger charge is -2.07. The quantitative estimate of drug-likeness (QED) is 0.446. The van der Waals surface area contributed by atoms with Gasteiger partial charge in [-0.3, -0.25) is 0 Å². The molecule has 0 spiro atoms. The number of pyridine rings is 1. The summed E-state index contributed by atoms with van der Waals surface area (Å²) in [5.41, 5.74) is 4.64. The maximum atomic E-state index is 11.4. The summed E-state index contributed by atoms with van der Waals surface area (Å²) in [6.45, 7) is 0. The minimum absolute atomic E-state index is 0.241. The summed E-state index contributed by atoms with van der Waals surface area (Å²) in [5, 5.41) is 7.76. The van der Waals surface area contributed by atoms with Crippen molar-refractivity contribution < 1.29 is 4.74 Å². The van der Waals surface area contributed by atoms with E-state index in [4.69, 9.17) is 4.74 Å². The molecule has 1 aromatic carbocycles. The van der Waals surface area contributed by atoms with Gasteiger partial charge in [0.2, 0.25) is 11.8 Å². The lowest BCUT2D eigenvalue weighted by atomic mass is 10.2. The molecule has 0 saturated heterocycles. The molecule has 0 bridgehead atoms. The first kappa shape index (κ1) is 16.1. The third kappa shape index (κ3) is 2.75. The number of hydrogen-bond donors (Lipinski definition) is 3. The number of anilines is 2. The number of rotatable bonds is 4. The van der Waals surface area contributed by atoms with Crippen molar-refractivity contribution >= 4 is 28.2 Å². The van der Waals surface area contributed by atoms with Crippen LogP contribution >= 0.6 is 0 Å². The van der Waals surface area contributed by atoms with Crippen molar-refractivity contribution in [3.63, 3.8) is 0 Å². The number of nitrogens with zero attached hydrogens (tertiary/aromatic N) is 4. The van der Waals surface area contributed by atoms with Crippen LogP contribution in [0, 0.1) is 0 Å². The Morgan fingerprint density at radius 2 is 1.89 bits per heavy atom. The van der Waals surface area contributed by atoms with Gasteiger partial charge in [-0.1, -0.05) is 0 Å². The summed E-state index contributed by atoms with van der Waals surface area (Å²) in [6, 6.07) is 13.1. The summed E-state index contributed by atoms with van der Waals surface area (Å²) in [7, 11) is 1.58. The molecule has 0 fully saturated rings. The first-order valence-electron chi connectivity index (χ1n) is 8.54. The number of imidazole rings is 1. The van der Waals surface area contributed by atoms with E-state index in [-0.39, 0.29) is 5.69 Å². The van der Waals surface area contributed by atoms with Crippen LogP contribution in [-0.4, -0.2) is 36.7 Å². The molecule has 9 nitrogen and oxygen atoms in total. The second-order valence-electron chi connectivity index (χ2n) is 6.19. The number of ether oxygens (including phenoxy) is 1. The molecule has 0 atom stereocenters. The van der Waals surface area contributed by atoms with E-state index in [0.29, 0.717) is 17.3 Å². The molecule has 28 heavy (non-hydrogen) atoms. The molecular formula is C19H15N7O2. The molecule has 0 amide bonds. The van der Waals surface area contributed by atoms with Crippen LogP contribution in [-0.2, 0) is 0 Å². The molecule has 0 aliphatic rings. The van der Waals surface area contributed by atoms with E-state index in [1.165, 1.54) is 0 Å². The van der Waals surface area contributed by atoms with Crippen LogP contribution in [0.3, 0.4) is 0 Å². The highest BCUT2D eigenvalue weighted by molar-refractivity contribution is 5.79. The summed E-state index contributed by atoms with van der Waals surface area (Å²) in [5.74, 6) is 0.989. The number of methoxy groups -OCH3 is 1. The van der Waals surface area contributed by atoms with Gasteiger partial charge in [0.1, 0.15) is 0 Å². The zero-order valence-electron chi connectivity index (χ0n) is 14.8. The molecule has 0 aliphatic heterocycles. The fourth-order valence-corrected chi connectivity index (χ4v) is 3.07. The van der Waals surface area contributed by atoms with Crippen LogP contribution < -0.4 is 15.7 Å². The van der Waals surface area contributed by atoms with Crippen LogP contribution in [0.5, 0.6) is 5.88 Å². The lowest BCUT2D eigenvalue weighted by Crippen LogP contribution is -2.03. The standard InChI is InChI=1S/C19H15N7O2/c1-28-17-7-2-11(9-20-17)16-6-4-13-10-21-18(25-26(13)16)22-12-3-5-14-15(8-12)24-19(27)23-14/h2-10H,1H3,(H,22,25)(H2,23,24,27). The number of aromatic amines is 2. The third-order valence-electron chi connectivity index (χ3n) is 4.41. The minimum Gasteiger partial charge on any atom is -0.481 e. The molecule has 5 rings (SSSR count). The Balaban J connectivity index is 1.51. The highest BCUT2D eigenvalue weighted by Gasteiger charge is 2.09. The molecule has 0 aliphatic carbocycles. The van der Waals surface area contributed by atoms with E-state index in [1.54, 1.807) is 24.0 Å². The maximum absolute atomic E-state index is 11.4. The monoisotopic (exact) mass is 373 g/mol. The molecular weight excluding hydrogens is 358 g/mol. The molecule has 138 valence electrons. The van der Waals surface area contributed by atoms with Crippen molar-refractivity contribution in [2.75, 3.05) is 12.4 Å². The number of aromatic nitrogens is 6. The van der Waals surface area contributed by atoms with E-state index in [0.717, 1.165) is 28.0 Å². The van der Waals surface area contributed by atoms with E-state index < -0.39 is 0 Å². The van der Waals surface area contributed by atoms with Gasteiger partial charge in [0.15, 0.2) is 0 Å². The van der Waals surface area contributed by atoms with Gasteiger partial charge in [-0.2, -0.15) is 0 Å². The van der Waals surface area contributed by atoms with Crippen molar-refractivity contribution in [1.29, 1.82) is 0 Å². The van der Waals surface area contributed by atoms with Crippen LogP contribution in [0.1, 0.15) is 0 Å². The SMILES string of the molecule is COc1ccc(-c2ccc3cnc(Nc4ccc5[nH]c(=O)[nH]c5c4)nn23)cn1. The summed E-state index contributed by atoms with van der Waals surface area (Å²) in [6.07, 6.45) is 3.48. The molecule has 4 aromatic heterocycles. The Bertz CT molecular complexity index is 1350. The smallest absolute Gasteiger partial charge is 0.323 e. The topological polar surface area (TPSA) is 113 Å². The van der Waals surface area contributed by atoms with Gasteiger partial charge < -0.3 is 20.0 Å². The van der Waals surface area contributed by atoms with Gasteiger partial charge in [0.05, 0.1) is 35.6 Å². The van der Waals surface area contributed by atoms with E-state index >= 15 is 0 Å². The largest absolute Gasteiger partial charge is 0.481 e. The molecule has 9 heteroatoms. The normalized spacial score (nSPS) is 11.2. The minimum atomic E-state index is -0.241. The van der Waals surface area contributed by atoms with Gasteiger partial charge in [-0.15, -0.1) is 5.10 Å². The van der Waals surface area contributed by atoms with Gasteiger partial charge in [0.25, 0.3) is 0 Å². The lowest BCUT2D eigenvalue weighted by molar-refractivity contribution is 0.398. The van der Waals surface area contributed by atoms with Crippen molar-refractivity contribution in [1.82, 2.24) is 29.5 Å². The number of hydrogen-bond acceptors (Lipinski definition) is 6. The zero-order valence-corrected chi connectivity index (χ0v) is 14.8. The van der Waals surface area contributed by atoms with Crippen LogP contribution in [0.4, 0.5) is 11.6 Å². The summed E-state index contributed by atoms with van der Waals surface area (Å²) in [4.78, 5) is 25.5. The maximum Gasteiger partial charge on any atom is 0.323 e. The van der Waals surface area contributed by atoms with Gasteiger partial charge in [0, 0.05) is 23.5 Å². The van der Waals surface area contributed by atoms with E-state index in [9.17, 15) is 4.79 Å². The second-order valence-corrected chi connectivity index (χ2v) is 6.19. The second kappa shape index (κ2) is 6.23. The average molecular weight is 373 g/mol. The van der Waals surface area contributed by atoms with Gasteiger partial charge in [-0.05, 0) is 36.4 Å². The fraction of sp³-hybridized carbons (Fsp3) is 0.0526. The predicted molar refractivity (Wildman–Crippen MR) is 105 cm³/mol. The number of fused-ring (bicyclic) bond motifs is 2. The van der Waals surface area contributed by atoms with Crippen molar-refractivity contribution in [3.05, 3.63) is 65.3 Å². The van der Waals surface area contributed by atoms with E-state index in [2.05, 4.69) is 30.4 Å². The van der Waals surface area contributed by atoms with E-state index in [1.807, 2.05) is 42.5 Å². The first-order chi connectivity index (χ1) is 13.7. The highest BCUT2D eigenvalue weighted by Crippen LogP contribution is 2.24. The van der Waals surface area contributed by atoms with Gasteiger partial charge in [-0.25, -0.2) is 19.3 Å². The molecule has 3 N–H and O–H groups in total. The third-order valence-corrected chi connectivity index (χ3v) is 4.41. The highest BCUT2D eigenvalue weighted by atomic mass is 16.5. The molecule has 0 saturated carbocycles. The summed E-state index contributed by atoms with van der Waals surface area (Å²) < 4.78 is 6.91. The van der Waals surface area contributed by atoms with Gasteiger partial charge >= 0.3 is 5.69 Å². The van der Waals surface area contributed by atoms with Crippen LogP contribution in [0.25, 0.3) is 27.8 Å². The molecule has 4 heterocycles. The fourth-order valence-electron chi connectivity index (χ4n) is 3.07. The first-order valence-corrected chi connectivity index (χ1v) is 8.54. The Morgan fingerprint density at radius 1 is 1.00 bits per heavy atom. The molecule has 0 unspecified atom stereocenters. The van der Waals surface area contributed by atoms with Crippen LogP contribution in [0.2, 0.25) is 0 Å².